The molecule has 16 heavy (non-hydrogen) atoms. The fourth-order valence-corrected chi connectivity index (χ4v) is 2.08. The number of nitrogens with one attached hydrogen (secondary N) is 1. The second-order valence-corrected chi connectivity index (χ2v) is 4.48. The summed E-state index contributed by atoms with van der Waals surface area (Å²) in [6, 6.07) is 4.95. The molecule has 0 aliphatic rings. The summed E-state index contributed by atoms with van der Waals surface area (Å²) in [5.74, 6) is 0. The average molecular weight is 256 g/mol. The summed E-state index contributed by atoms with van der Waals surface area (Å²) in [5.41, 5.74) is 1.50. The lowest BCUT2D eigenvalue weighted by Crippen LogP contribution is -2.05. The van der Waals surface area contributed by atoms with Crippen LogP contribution in [0.1, 0.15) is 19.0 Å². The van der Waals surface area contributed by atoms with Gasteiger partial charge in [-0.15, -0.1) is 0 Å². The molecule has 1 heterocycles. The molecule has 0 fully saturated rings. The second-order valence-electron chi connectivity index (χ2n) is 3.69. The van der Waals surface area contributed by atoms with Crippen molar-refractivity contribution in [1.29, 1.82) is 0 Å². The van der Waals surface area contributed by atoms with E-state index in [0.717, 1.165) is 18.5 Å². The van der Waals surface area contributed by atoms with Gasteiger partial charge >= 0.3 is 0 Å². The van der Waals surface area contributed by atoms with Crippen LogP contribution in [0, 0.1) is 0 Å². The van der Waals surface area contributed by atoms with E-state index >= 15 is 0 Å². The van der Waals surface area contributed by atoms with Gasteiger partial charge in [0.2, 0.25) is 0 Å². The van der Waals surface area contributed by atoms with E-state index in [9.17, 15) is 4.79 Å². The highest BCUT2D eigenvalue weighted by Crippen LogP contribution is 2.28. The first kappa shape index (κ1) is 11.5. The second kappa shape index (κ2) is 4.48. The van der Waals surface area contributed by atoms with Crippen molar-refractivity contribution in [2.75, 3.05) is 0 Å². The molecule has 84 valence electrons. The van der Waals surface area contributed by atoms with Crippen LogP contribution < -0.4 is 5.43 Å². The van der Waals surface area contributed by atoms with Crippen LogP contribution in [0.15, 0.2) is 23.0 Å². The van der Waals surface area contributed by atoms with Crippen molar-refractivity contribution in [2.24, 2.45) is 0 Å². The van der Waals surface area contributed by atoms with Crippen molar-refractivity contribution in [3.05, 3.63) is 44.2 Å². The molecule has 1 aromatic heterocycles. The molecule has 0 atom stereocenters. The molecule has 0 saturated carbocycles. The number of aromatic amines is 1. The standard InChI is InChI=1S/C12H11Cl2NO/c1-2-3-7-6-10(16)8-4-5-9(13)11(14)12(8)15-7/h4-6H,2-3H2,1H3,(H,15,16). The van der Waals surface area contributed by atoms with Gasteiger partial charge in [-0.1, -0.05) is 36.5 Å². The molecule has 0 amide bonds. The minimum absolute atomic E-state index is 0.0178. The van der Waals surface area contributed by atoms with Gasteiger partial charge in [0.25, 0.3) is 0 Å². The van der Waals surface area contributed by atoms with Gasteiger partial charge in [-0.25, -0.2) is 0 Å². The largest absolute Gasteiger partial charge is 0.357 e. The molecule has 0 unspecified atom stereocenters. The quantitative estimate of drug-likeness (QED) is 0.871. The maximum Gasteiger partial charge on any atom is 0.189 e. The van der Waals surface area contributed by atoms with Crippen LogP contribution in [0.25, 0.3) is 10.9 Å². The Labute approximate surface area is 103 Å². The third-order valence-electron chi connectivity index (χ3n) is 2.47. The van der Waals surface area contributed by atoms with E-state index in [-0.39, 0.29) is 5.43 Å². The predicted octanol–water partition coefficient (Wildman–Crippen LogP) is 3.79. The van der Waals surface area contributed by atoms with E-state index in [1.807, 2.05) is 0 Å². The van der Waals surface area contributed by atoms with Gasteiger partial charge in [0.1, 0.15) is 0 Å². The number of pyridine rings is 1. The Bertz CT molecular complexity index is 589. The third-order valence-corrected chi connectivity index (χ3v) is 3.27. The van der Waals surface area contributed by atoms with Crippen molar-refractivity contribution in [3.63, 3.8) is 0 Å². The van der Waals surface area contributed by atoms with E-state index in [1.165, 1.54) is 0 Å². The zero-order valence-electron chi connectivity index (χ0n) is 8.81. The summed E-state index contributed by atoms with van der Waals surface area (Å²) in [6.45, 7) is 2.06. The zero-order chi connectivity index (χ0) is 11.7. The number of hydrogen-bond acceptors (Lipinski definition) is 1. The number of hydrogen-bond donors (Lipinski definition) is 1. The predicted molar refractivity (Wildman–Crippen MR) is 68.6 cm³/mol. The molecule has 4 heteroatoms. The highest BCUT2D eigenvalue weighted by molar-refractivity contribution is 6.44. The zero-order valence-corrected chi connectivity index (χ0v) is 10.3. The molecule has 2 rings (SSSR count). The van der Waals surface area contributed by atoms with Gasteiger partial charge in [-0.3, -0.25) is 4.79 Å². The van der Waals surface area contributed by atoms with E-state index in [1.54, 1.807) is 18.2 Å². The monoisotopic (exact) mass is 255 g/mol. The molecule has 0 aliphatic carbocycles. The van der Waals surface area contributed by atoms with Gasteiger partial charge in [0, 0.05) is 17.1 Å². The van der Waals surface area contributed by atoms with Crippen LogP contribution in [0.2, 0.25) is 10.0 Å². The average Bonchev–Trinajstić information content (AvgIpc) is 2.25. The summed E-state index contributed by atoms with van der Waals surface area (Å²) in [4.78, 5) is 15.0. The number of fused-ring (bicyclic) bond motifs is 1. The molecule has 2 nitrogen and oxygen atoms in total. The molecular formula is C12H11Cl2NO. The molecule has 0 spiro atoms. The Balaban J connectivity index is 2.78. The van der Waals surface area contributed by atoms with Crippen LogP contribution in [0.5, 0.6) is 0 Å². The van der Waals surface area contributed by atoms with E-state index in [0.29, 0.717) is 20.9 Å². The lowest BCUT2D eigenvalue weighted by molar-refractivity contribution is 0.888. The summed E-state index contributed by atoms with van der Waals surface area (Å²) < 4.78 is 0. The van der Waals surface area contributed by atoms with Gasteiger partial charge in [-0.05, 0) is 18.6 Å². The van der Waals surface area contributed by atoms with Crippen molar-refractivity contribution in [3.8, 4) is 0 Å². The fourth-order valence-electron chi connectivity index (χ4n) is 1.71. The third kappa shape index (κ3) is 1.95. The van der Waals surface area contributed by atoms with E-state index in [4.69, 9.17) is 23.2 Å². The van der Waals surface area contributed by atoms with E-state index in [2.05, 4.69) is 11.9 Å². The molecular weight excluding hydrogens is 245 g/mol. The molecule has 1 aromatic carbocycles. The van der Waals surface area contributed by atoms with Gasteiger partial charge in [-0.2, -0.15) is 0 Å². The summed E-state index contributed by atoms with van der Waals surface area (Å²) in [7, 11) is 0. The summed E-state index contributed by atoms with van der Waals surface area (Å²) >= 11 is 12.0. The van der Waals surface area contributed by atoms with Crippen molar-refractivity contribution in [1.82, 2.24) is 4.98 Å². The van der Waals surface area contributed by atoms with Crippen LogP contribution in [-0.4, -0.2) is 4.98 Å². The topological polar surface area (TPSA) is 32.9 Å². The molecule has 0 aliphatic heterocycles. The van der Waals surface area contributed by atoms with Gasteiger partial charge < -0.3 is 4.98 Å². The first-order chi connectivity index (χ1) is 7.63. The van der Waals surface area contributed by atoms with Crippen LogP contribution in [0.4, 0.5) is 0 Å². The first-order valence-corrected chi connectivity index (χ1v) is 5.89. The van der Waals surface area contributed by atoms with E-state index < -0.39 is 0 Å². The smallest absolute Gasteiger partial charge is 0.189 e. The Morgan fingerprint density at radius 2 is 2.06 bits per heavy atom. The number of halogens is 2. The molecule has 0 radical (unpaired) electrons. The van der Waals surface area contributed by atoms with Crippen LogP contribution in [-0.2, 0) is 6.42 Å². The Morgan fingerprint density at radius 3 is 2.75 bits per heavy atom. The number of rotatable bonds is 2. The molecule has 0 saturated heterocycles. The lowest BCUT2D eigenvalue weighted by atomic mass is 10.1. The SMILES string of the molecule is CCCc1cc(=O)c2ccc(Cl)c(Cl)c2[nH]1. The molecule has 0 bridgehead atoms. The van der Waals surface area contributed by atoms with Crippen molar-refractivity contribution in [2.45, 2.75) is 19.8 Å². The lowest BCUT2D eigenvalue weighted by Gasteiger charge is -2.05. The van der Waals surface area contributed by atoms with Gasteiger partial charge in [0.05, 0.1) is 15.6 Å². The number of aryl methyl sites for hydroxylation is 1. The molecule has 1 N–H and O–H groups in total. The Kier molecular flexibility index (Phi) is 3.22. The van der Waals surface area contributed by atoms with Crippen molar-refractivity contribution >= 4 is 34.1 Å². The molecule has 2 aromatic rings. The summed E-state index contributed by atoms with van der Waals surface area (Å²) in [6.07, 6.45) is 1.80. The Morgan fingerprint density at radius 1 is 1.31 bits per heavy atom. The van der Waals surface area contributed by atoms with Crippen molar-refractivity contribution < 1.29 is 0 Å². The highest BCUT2D eigenvalue weighted by atomic mass is 35.5. The fraction of sp³-hybridized carbons (Fsp3) is 0.250. The van der Waals surface area contributed by atoms with Gasteiger partial charge in [0.15, 0.2) is 5.43 Å². The number of H-pyrrole nitrogens is 1. The maximum absolute atomic E-state index is 11.8. The first-order valence-electron chi connectivity index (χ1n) is 5.13. The normalized spacial score (nSPS) is 10.9. The minimum atomic E-state index is -0.0178. The maximum atomic E-state index is 11.8. The summed E-state index contributed by atoms with van der Waals surface area (Å²) in [5, 5.41) is 1.45. The van der Waals surface area contributed by atoms with Crippen LogP contribution >= 0.6 is 23.2 Å². The minimum Gasteiger partial charge on any atom is -0.357 e. The highest BCUT2D eigenvalue weighted by Gasteiger charge is 2.08. The number of benzene rings is 1. The van der Waals surface area contributed by atoms with Crippen LogP contribution in [0.3, 0.4) is 0 Å². The number of aromatic nitrogens is 1. The Hall–Kier alpha value is -0.990.